The molecule has 2 heterocycles. The SMILES string of the molecule is Cc1cc(NC(=O)Cn2nc(C(F)F)cc2C)nn1Cc1ccc(Cl)cc1. The van der Waals surface area contributed by atoms with Crippen molar-refractivity contribution in [3.63, 3.8) is 0 Å². The standard InChI is InChI=1S/C18H18ClF2N5O/c1-11-7-15(18(20)21)23-26(11)10-17(27)22-16-8-12(2)25(24-16)9-13-3-5-14(19)6-4-13/h3-8,18H,9-10H2,1-2H3,(H,22,24,27). The molecule has 1 amide bonds. The molecule has 3 rings (SSSR count). The second kappa shape index (κ2) is 7.87. The summed E-state index contributed by atoms with van der Waals surface area (Å²) in [7, 11) is 0. The quantitative estimate of drug-likeness (QED) is 0.689. The average Bonchev–Trinajstić information content (AvgIpc) is 3.13. The number of amides is 1. The van der Waals surface area contributed by atoms with E-state index < -0.39 is 12.3 Å². The minimum absolute atomic E-state index is 0.165. The lowest BCUT2D eigenvalue weighted by atomic mass is 10.2. The van der Waals surface area contributed by atoms with Crippen molar-refractivity contribution in [1.82, 2.24) is 19.6 Å². The molecule has 0 atom stereocenters. The molecule has 1 aromatic carbocycles. The van der Waals surface area contributed by atoms with Crippen LogP contribution in [-0.4, -0.2) is 25.5 Å². The maximum Gasteiger partial charge on any atom is 0.282 e. The van der Waals surface area contributed by atoms with Gasteiger partial charge in [0.2, 0.25) is 5.91 Å². The van der Waals surface area contributed by atoms with E-state index in [1.165, 1.54) is 10.7 Å². The number of rotatable bonds is 6. The van der Waals surface area contributed by atoms with Crippen LogP contribution in [0.15, 0.2) is 36.4 Å². The van der Waals surface area contributed by atoms with Crippen LogP contribution >= 0.6 is 11.6 Å². The first-order valence-electron chi connectivity index (χ1n) is 8.23. The number of carbonyl (C=O) groups excluding carboxylic acids is 1. The highest BCUT2D eigenvalue weighted by atomic mass is 35.5. The van der Waals surface area contributed by atoms with E-state index in [9.17, 15) is 13.6 Å². The third-order valence-corrected chi connectivity index (χ3v) is 4.26. The van der Waals surface area contributed by atoms with Crippen LogP contribution in [0.3, 0.4) is 0 Å². The smallest absolute Gasteiger partial charge is 0.282 e. The molecule has 0 bridgehead atoms. The van der Waals surface area contributed by atoms with E-state index in [-0.39, 0.29) is 12.2 Å². The number of hydrogen-bond acceptors (Lipinski definition) is 3. The van der Waals surface area contributed by atoms with E-state index in [0.29, 0.717) is 23.1 Å². The van der Waals surface area contributed by atoms with Gasteiger partial charge in [-0.05, 0) is 37.6 Å². The van der Waals surface area contributed by atoms with Crippen molar-refractivity contribution >= 4 is 23.3 Å². The van der Waals surface area contributed by atoms with Gasteiger partial charge in [-0.2, -0.15) is 10.2 Å². The molecular weight excluding hydrogens is 376 g/mol. The molecule has 0 spiro atoms. The Hall–Kier alpha value is -2.74. The van der Waals surface area contributed by atoms with Crippen molar-refractivity contribution in [2.75, 3.05) is 5.32 Å². The van der Waals surface area contributed by atoms with Crippen molar-refractivity contribution in [2.24, 2.45) is 0 Å². The van der Waals surface area contributed by atoms with Gasteiger partial charge in [-0.25, -0.2) is 8.78 Å². The maximum atomic E-state index is 12.7. The average molecular weight is 394 g/mol. The second-order valence-electron chi connectivity index (χ2n) is 6.17. The number of nitrogens with zero attached hydrogens (tertiary/aromatic N) is 4. The topological polar surface area (TPSA) is 64.7 Å². The normalized spacial score (nSPS) is 11.2. The minimum Gasteiger partial charge on any atom is -0.308 e. The Morgan fingerprint density at radius 2 is 1.78 bits per heavy atom. The third kappa shape index (κ3) is 4.71. The van der Waals surface area contributed by atoms with Crippen LogP contribution in [-0.2, 0) is 17.9 Å². The fraction of sp³-hybridized carbons (Fsp3) is 0.278. The van der Waals surface area contributed by atoms with Gasteiger partial charge >= 0.3 is 0 Å². The third-order valence-electron chi connectivity index (χ3n) is 4.01. The molecule has 27 heavy (non-hydrogen) atoms. The molecule has 0 saturated heterocycles. The summed E-state index contributed by atoms with van der Waals surface area (Å²) in [5.74, 6) is 0.00325. The van der Waals surface area contributed by atoms with Crippen LogP contribution in [0.4, 0.5) is 14.6 Å². The Morgan fingerprint density at radius 1 is 1.11 bits per heavy atom. The first-order chi connectivity index (χ1) is 12.8. The fourth-order valence-corrected chi connectivity index (χ4v) is 2.74. The van der Waals surface area contributed by atoms with Gasteiger partial charge in [0.05, 0.1) is 6.54 Å². The van der Waals surface area contributed by atoms with Gasteiger partial charge < -0.3 is 5.32 Å². The molecule has 6 nitrogen and oxygen atoms in total. The van der Waals surface area contributed by atoms with Crippen LogP contribution in [0.5, 0.6) is 0 Å². The van der Waals surface area contributed by atoms with E-state index in [1.807, 2.05) is 19.1 Å². The number of hydrogen-bond donors (Lipinski definition) is 1. The van der Waals surface area contributed by atoms with Crippen molar-refractivity contribution in [1.29, 1.82) is 0 Å². The Balaban J connectivity index is 1.65. The van der Waals surface area contributed by atoms with E-state index in [2.05, 4.69) is 15.5 Å². The first kappa shape index (κ1) is 19.0. The number of benzene rings is 1. The molecule has 142 valence electrons. The zero-order chi connectivity index (χ0) is 19.6. The lowest BCUT2D eigenvalue weighted by Gasteiger charge is -2.05. The first-order valence-corrected chi connectivity index (χ1v) is 8.61. The molecule has 0 radical (unpaired) electrons. The fourth-order valence-electron chi connectivity index (χ4n) is 2.61. The summed E-state index contributed by atoms with van der Waals surface area (Å²) >= 11 is 5.89. The molecule has 2 aromatic heterocycles. The molecule has 0 aliphatic heterocycles. The van der Waals surface area contributed by atoms with Crippen molar-refractivity contribution in [3.05, 3.63) is 64.1 Å². The highest BCUT2D eigenvalue weighted by Gasteiger charge is 2.16. The number of aromatic nitrogens is 4. The van der Waals surface area contributed by atoms with Crippen molar-refractivity contribution in [2.45, 2.75) is 33.4 Å². The van der Waals surface area contributed by atoms with Crippen molar-refractivity contribution in [3.8, 4) is 0 Å². The van der Waals surface area contributed by atoms with E-state index >= 15 is 0 Å². The Morgan fingerprint density at radius 3 is 2.41 bits per heavy atom. The monoisotopic (exact) mass is 393 g/mol. The number of anilines is 1. The number of halogens is 3. The summed E-state index contributed by atoms with van der Waals surface area (Å²) in [6, 6.07) is 10.4. The zero-order valence-electron chi connectivity index (χ0n) is 14.8. The van der Waals surface area contributed by atoms with Gasteiger partial charge in [-0.3, -0.25) is 14.2 Å². The number of aryl methyl sites for hydroxylation is 2. The van der Waals surface area contributed by atoms with Gasteiger partial charge in [0, 0.05) is 22.5 Å². The van der Waals surface area contributed by atoms with Crippen LogP contribution in [0.2, 0.25) is 5.02 Å². The summed E-state index contributed by atoms with van der Waals surface area (Å²) in [5.41, 5.74) is 2.04. The Kier molecular flexibility index (Phi) is 5.55. The van der Waals surface area contributed by atoms with Crippen molar-refractivity contribution < 1.29 is 13.6 Å². The largest absolute Gasteiger partial charge is 0.308 e. The second-order valence-corrected chi connectivity index (χ2v) is 6.61. The van der Waals surface area contributed by atoms with Gasteiger partial charge in [0.1, 0.15) is 12.2 Å². The molecule has 1 N–H and O–H groups in total. The van der Waals surface area contributed by atoms with E-state index in [1.54, 1.807) is 29.8 Å². The molecule has 9 heteroatoms. The minimum atomic E-state index is -2.67. The van der Waals surface area contributed by atoms with E-state index in [4.69, 9.17) is 11.6 Å². The molecule has 0 fully saturated rings. The van der Waals surface area contributed by atoms with Crippen LogP contribution < -0.4 is 5.32 Å². The van der Waals surface area contributed by atoms with Gasteiger partial charge in [-0.1, -0.05) is 23.7 Å². The molecule has 0 aliphatic rings. The molecular formula is C18H18ClF2N5O. The van der Waals surface area contributed by atoms with Gasteiger partial charge in [0.25, 0.3) is 6.43 Å². The summed E-state index contributed by atoms with van der Waals surface area (Å²) in [6.45, 7) is 3.87. The number of nitrogens with one attached hydrogen (secondary N) is 1. The maximum absolute atomic E-state index is 12.7. The molecule has 0 saturated carbocycles. The summed E-state index contributed by atoms with van der Waals surface area (Å²) < 4.78 is 28.4. The van der Waals surface area contributed by atoms with Gasteiger partial charge in [0.15, 0.2) is 5.82 Å². The van der Waals surface area contributed by atoms with Crippen LogP contribution in [0, 0.1) is 13.8 Å². The molecule has 0 unspecified atom stereocenters. The van der Waals surface area contributed by atoms with E-state index in [0.717, 1.165) is 11.3 Å². The lowest BCUT2D eigenvalue weighted by Crippen LogP contribution is -2.20. The Bertz CT molecular complexity index is 949. The zero-order valence-corrected chi connectivity index (χ0v) is 15.5. The lowest BCUT2D eigenvalue weighted by molar-refractivity contribution is -0.117. The predicted molar refractivity (Wildman–Crippen MR) is 98.1 cm³/mol. The highest BCUT2D eigenvalue weighted by Crippen LogP contribution is 2.18. The van der Waals surface area contributed by atoms with Crippen LogP contribution in [0.1, 0.15) is 29.1 Å². The summed E-state index contributed by atoms with van der Waals surface area (Å²) in [5, 5.41) is 11.4. The summed E-state index contributed by atoms with van der Waals surface area (Å²) in [6.07, 6.45) is -2.67. The van der Waals surface area contributed by atoms with Gasteiger partial charge in [-0.15, -0.1) is 0 Å². The molecule has 3 aromatic rings. The number of alkyl halides is 2. The predicted octanol–water partition coefficient (Wildman–Crippen LogP) is 3.97. The highest BCUT2D eigenvalue weighted by molar-refractivity contribution is 6.30. The number of carbonyl (C=O) groups is 1. The van der Waals surface area contributed by atoms with Crippen LogP contribution in [0.25, 0.3) is 0 Å². The summed E-state index contributed by atoms with van der Waals surface area (Å²) in [4.78, 5) is 12.2. The Labute approximate surface area is 159 Å². The molecule has 0 aliphatic carbocycles.